The highest BCUT2D eigenvalue weighted by Crippen LogP contribution is 2.25. The Bertz CT molecular complexity index is 462. The minimum atomic E-state index is 0.204. The Morgan fingerprint density at radius 3 is 2.39 bits per heavy atom. The molecule has 0 saturated heterocycles. The third-order valence-corrected chi connectivity index (χ3v) is 4.14. The zero-order valence-electron chi connectivity index (χ0n) is 10.8. The molecule has 1 aromatic carbocycles. The molecule has 0 aliphatic heterocycles. The van der Waals surface area contributed by atoms with Gasteiger partial charge < -0.3 is 10.0 Å². The van der Waals surface area contributed by atoms with E-state index in [0.29, 0.717) is 0 Å². The van der Waals surface area contributed by atoms with Crippen molar-refractivity contribution in [1.82, 2.24) is 0 Å². The van der Waals surface area contributed by atoms with Gasteiger partial charge in [-0.3, -0.25) is 0 Å². The smallest absolute Gasteiger partial charge is 0.0510 e. The SMILES string of the molecule is CN(C)c1ccc(CC(CO)c2cccs2)cc1. The van der Waals surface area contributed by atoms with Crippen LogP contribution >= 0.6 is 11.3 Å². The van der Waals surface area contributed by atoms with Gasteiger partial charge in [-0.2, -0.15) is 0 Å². The molecule has 0 aliphatic carbocycles. The van der Waals surface area contributed by atoms with E-state index >= 15 is 0 Å². The lowest BCUT2D eigenvalue weighted by Gasteiger charge is -2.15. The Kier molecular flexibility index (Phi) is 4.39. The predicted octanol–water partition coefficient (Wildman–Crippen LogP) is 3.13. The predicted molar refractivity (Wildman–Crippen MR) is 78.6 cm³/mol. The van der Waals surface area contributed by atoms with Crippen LogP contribution in [-0.4, -0.2) is 25.8 Å². The molecule has 1 unspecified atom stereocenters. The summed E-state index contributed by atoms with van der Waals surface area (Å²) in [6, 6.07) is 12.7. The maximum absolute atomic E-state index is 9.50. The Morgan fingerprint density at radius 2 is 1.89 bits per heavy atom. The van der Waals surface area contributed by atoms with Crippen LogP contribution < -0.4 is 4.90 Å². The first-order chi connectivity index (χ1) is 8.70. The van der Waals surface area contributed by atoms with Gasteiger partial charge in [-0.25, -0.2) is 0 Å². The molecule has 2 rings (SSSR count). The first-order valence-electron chi connectivity index (χ1n) is 6.11. The van der Waals surface area contributed by atoms with Gasteiger partial charge in [-0.05, 0) is 35.6 Å². The molecule has 2 aromatic rings. The number of anilines is 1. The minimum Gasteiger partial charge on any atom is -0.396 e. The molecule has 0 spiro atoms. The van der Waals surface area contributed by atoms with Crippen molar-refractivity contribution < 1.29 is 5.11 Å². The summed E-state index contributed by atoms with van der Waals surface area (Å²) in [5.74, 6) is 0.218. The monoisotopic (exact) mass is 261 g/mol. The summed E-state index contributed by atoms with van der Waals surface area (Å²) in [5, 5.41) is 11.6. The van der Waals surface area contributed by atoms with Crippen LogP contribution in [0.4, 0.5) is 5.69 Å². The molecule has 3 heteroatoms. The van der Waals surface area contributed by atoms with Crippen LogP contribution in [-0.2, 0) is 6.42 Å². The highest BCUT2D eigenvalue weighted by atomic mass is 32.1. The van der Waals surface area contributed by atoms with Gasteiger partial charge in [0, 0.05) is 30.6 Å². The van der Waals surface area contributed by atoms with E-state index in [0.717, 1.165) is 6.42 Å². The molecule has 0 aliphatic rings. The van der Waals surface area contributed by atoms with E-state index in [2.05, 4.69) is 40.6 Å². The van der Waals surface area contributed by atoms with Gasteiger partial charge in [0.15, 0.2) is 0 Å². The minimum absolute atomic E-state index is 0.204. The number of aliphatic hydroxyl groups excluding tert-OH is 1. The van der Waals surface area contributed by atoms with Crippen LogP contribution in [0.5, 0.6) is 0 Å². The fraction of sp³-hybridized carbons (Fsp3) is 0.333. The highest BCUT2D eigenvalue weighted by Gasteiger charge is 2.12. The average Bonchev–Trinajstić information content (AvgIpc) is 2.90. The maximum Gasteiger partial charge on any atom is 0.0510 e. The number of nitrogens with zero attached hydrogens (tertiary/aromatic N) is 1. The zero-order chi connectivity index (χ0) is 13.0. The molecular formula is C15H19NOS. The third-order valence-electron chi connectivity index (χ3n) is 3.10. The topological polar surface area (TPSA) is 23.5 Å². The summed E-state index contributed by atoms with van der Waals surface area (Å²) < 4.78 is 0. The molecule has 18 heavy (non-hydrogen) atoms. The number of benzene rings is 1. The number of hydrogen-bond acceptors (Lipinski definition) is 3. The van der Waals surface area contributed by atoms with E-state index in [1.54, 1.807) is 11.3 Å². The molecule has 1 aromatic heterocycles. The van der Waals surface area contributed by atoms with E-state index in [1.807, 2.05) is 20.2 Å². The number of aliphatic hydroxyl groups is 1. The van der Waals surface area contributed by atoms with Crippen LogP contribution in [0.15, 0.2) is 41.8 Å². The van der Waals surface area contributed by atoms with E-state index < -0.39 is 0 Å². The Balaban J connectivity index is 2.08. The van der Waals surface area contributed by atoms with E-state index in [9.17, 15) is 5.11 Å². The second-order valence-electron chi connectivity index (χ2n) is 4.66. The van der Waals surface area contributed by atoms with Crippen molar-refractivity contribution in [3.63, 3.8) is 0 Å². The molecule has 96 valence electrons. The lowest BCUT2D eigenvalue weighted by molar-refractivity contribution is 0.266. The van der Waals surface area contributed by atoms with E-state index in [4.69, 9.17) is 0 Å². The number of hydrogen-bond donors (Lipinski definition) is 1. The van der Waals surface area contributed by atoms with Crippen LogP contribution in [0, 0.1) is 0 Å². The summed E-state index contributed by atoms with van der Waals surface area (Å²) in [6.45, 7) is 0.204. The molecule has 0 fully saturated rings. The first-order valence-corrected chi connectivity index (χ1v) is 6.99. The number of thiophene rings is 1. The van der Waals surface area contributed by atoms with Crippen LogP contribution in [0.3, 0.4) is 0 Å². The van der Waals surface area contributed by atoms with Crippen molar-refractivity contribution in [2.75, 3.05) is 25.6 Å². The van der Waals surface area contributed by atoms with Crippen LogP contribution in [0.2, 0.25) is 0 Å². The van der Waals surface area contributed by atoms with Crippen molar-refractivity contribution in [2.24, 2.45) is 0 Å². The quantitative estimate of drug-likeness (QED) is 0.894. The maximum atomic E-state index is 9.50. The van der Waals surface area contributed by atoms with Crippen molar-refractivity contribution in [2.45, 2.75) is 12.3 Å². The molecule has 1 N–H and O–H groups in total. The normalized spacial score (nSPS) is 12.4. The van der Waals surface area contributed by atoms with Gasteiger partial charge in [0.2, 0.25) is 0 Å². The average molecular weight is 261 g/mol. The third kappa shape index (κ3) is 3.12. The van der Waals surface area contributed by atoms with Crippen LogP contribution in [0.1, 0.15) is 16.4 Å². The molecular weight excluding hydrogens is 242 g/mol. The molecule has 0 amide bonds. The van der Waals surface area contributed by atoms with E-state index in [1.165, 1.54) is 16.1 Å². The fourth-order valence-corrected chi connectivity index (χ4v) is 2.82. The molecule has 1 atom stereocenters. The van der Waals surface area contributed by atoms with Gasteiger partial charge in [-0.1, -0.05) is 18.2 Å². The van der Waals surface area contributed by atoms with E-state index in [-0.39, 0.29) is 12.5 Å². The molecule has 1 heterocycles. The lowest BCUT2D eigenvalue weighted by Crippen LogP contribution is -2.09. The van der Waals surface area contributed by atoms with Gasteiger partial charge in [0.1, 0.15) is 0 Å². The van der Waals surface area contributed by atoms with Crippen LogP contribution in [0.25, 0.3) is 0 Å². The Labute approximate surface area is 113 Å². The summed E-state index contributed by atoms with van der Waals surface area (Å²) in [7, 11) is 4.08. The van der Waals surface area contributed by atoms with Gasteiger partial charge in [0.25, 0.3) is 0 Å². The van der Waals surface area contributed by atoms with Gasteiger partial charge in [-0.15, -0.1) is 11.3 Å². The number of rotatable bonds is 5. The first kappa shape index (κ1) is 13.1. The largest absolute Gasteiger partial charge is 0.396 e. The summed E-state index contributed by atoms with van der Waals surface area (Å²) in [5.41, 5.74) is 2.48. The van der Waals surface area contributed by atoms with Gasteiger partial charge >= 0.3 is 0 Å². The highest BCUT2D eigenvalue weighted by molar-refractivity contribution is 7.10. The summed E-state index contributed by atoms with van der Waals surface area (Å²) in [4.78, 5) is 3.35. The second-order valence-corrected chi connectivity index (χ2v) is 5.64. The molecule has 2 nitrogen and oxygen atoms in total. The zero-order valence-corrected chi connectivity index (χ0v) is 11.7. The summed E-state index contributed by atoms with van der Waals surface area (Å²) >= 11 is 1.71. The fourth-order valence-electron chi connectivity index (χ4n) is 1.99. The summed E-state index contributed by atoms with van der Waals surface area (Å²) in [6.07, 6.45) is 0.894. The van der Waals surface area contributed by atoms with Crippen molar-refractivity contribution in [3.8, 4) is 0 Å². The van der Waals surface area contributed by atoms with Crippen molar-refractivity contribution in [3.05, 3.63) is 52.2 Å². The Hall–Kier alpha value is -1.32. The standard InChI is InChI=1S/C15H19NOS/c1-16(2)14-7-5-12(6-8-14)10-13(11-17)15-4-3-9-18-15/h3-9,13,17H,10-11H2,1-2H3. The second kappa shape index (κ2) is 6.03. The molecule has 0 saturated carbocycles. The molecule has 0 bridgehead atoms. The van der Waals surface area contributed by atoms with Crippen molar-refractivity contribution >= 4 is 17.0 Å². The van der Waals surface area contributed by atoms with Crippen molar-refractivity contribution in [1.29, 1.82) is 0 Å². The Morgan fingerprint density at radius 1 is 1.17 bits per heavy atom. The lowest BCUT2D eigenvalue weighted by atomic mass is 9.98. The molecule has 0 radical (unpaired) electrons. The van der Waals surface area contributed by atoms with Gasteiger partial charge in [0.05, 0.1) is 6.61 Å².